The minimum absolute atomic E-state index is 0.0997. The lowest BCUT2D eigenvalue weighted by Gasteiger charge is -2.21. The van der Waals surface area contributed by atoms with Crippen LogP contribution in [0, 0.1) is 5.92 Å². The minimum atomic E-state index is -0.0997. The van der Waals surface area contributed by atoms with Crippen LogP contribution < -0.4 is 0 Å². The van der Waals surface area contributed by atoms with Gasteiger partial charge < -0.3 is 0 Å². The summed E-state index contributed by atoms with van der Waals surface area (Å²) in [5, 5.41) is 6.28. The first-order valence-corrected chi connectivity index (χ1v) is 9.42. The van der Waals surface area contributed by atoms with Crippen molar-refractivity contribution in [1.29, 1.82) is 0 Å². The molecule has 0 spiro atoms. The van der Waals surface area contributed by atoms with Crippen LogP contribution in [0.1, 0.15) is 32.1 Å². The quantitative estimate of drug-likeness (QED) is 0.498. The molecule has 102 valence electrons. The molecule has 0 atom stereocenters. The second-order valence-electron chi connectivity index (χ2n) is 6.15. The summed E-state index contributed by atoms with van der Waals surface area (Å²) in [6.45, 7) is 0. The highest BCUT2D eigenvalue weighted by molar-refractivity contribution is 7.60. The van der Waals surface area contributed by atoms with Crippen LogP contribution in [0.3, 0.4) is 0 Å². The van der Waals surface area contributed by atoms with Crippen molar-refractivity contribution >= 4 is 28.5 Å². The van der Waals surface area contributed by atoms with Crippen molar-refractivity contribution in [2.24, 2.45) is 5.92 Å². The van der Waals surface area contributed by atoms with Gasteiger partial charge in [0, 0.05) is 10.2 Å². The summed E-state index contributed by atoms with van der Waals surface area (Å²) in [5.74, 6) is 0.967. The number of hydrogen-bond donors (Lipinski definition) is 0. The Bertz CT molecular complexity index is 678. The summed E-state index contributed by atoms with van der Waals surface area (Å²) in [7, 11) is -0.0997. The van der Waals surface area contributed by atoms with E-state index >= 15 is 0 Å². The van der Waals surface area contributed by atoms with Crippen molar-refractivity contribution in [3.63, 3.8) is 0 Å². The molecule has 2 aromatic carbocycles. The lowest BCUT2D eigenvalue weighted by atomic mass is 9.91. The number of benzene rings is 2. The Morgan fingerprint density at radius 3 is 1.90 bits per heavy atom. The van der Waals surface area contributed by atoms with Crippen molar-refractivity contribution in [1.82, 2.24) is 0 Å². The molecule has 1 aliphatic carbocycles. The maximum atomic E-state index is 2.38. The van der Waals surface area contributed by atoms with Crippen LogP contribution in [0.2, 0.25) is 0 Å². The maximum Gasteiger partial charge on any atom is 0.00239 e. The van der Waals surface area contributed by atoms with Gasteiger partial charge in [-0.1, -0.05) is 67.8 Å². The second kappa shape index (κ2) is 5.26. The maximum absolute atomic E-state index is 2.38. The zero-order chi connectivity index (χ0) is 13.4. The van der Waals surface area contributed by atoms with Crippen LogP contribution in [0.4, 0.5) is 0 Å². The highest BCUT2D eigenvalue weighted by atomic mass is 31.1. The normalized spacial score (nSPS) is 17.0. The third-order valence-corrected chi connectivity index (χ3v) is 7.67. The zero-order valence-corrected chi connectivity index (χ0v) is 12.8. The summed E-state index contributed by atoms with van der Waals surface area (Å²) in [5.41, 5.74) is 0. The molecule has 0 aliphatic heterocycles. The second-order valence-corrected chi connectivity index (χ2v) is 8.33. The zero-order valence-electron chi connectivity index (χ0n) is 11.9. The van der Waals surface area contributed by atoms with E-state index < -0.39 is 0 Å². The molecule has 0 N–H and O–H groups in total. The van der Waals surface area contributed by atoms with Crippen LogP contribution in [0.25, 0.3) is 21.0 Å². The standard InChI is InChI=1S/C19H21P/c1-2-8-15(9-3-1)14-20-18-12-6-4-10-16(18)17-11-5-7-13-19(17)20/h4-7,10-13,15H,1-3,8-9,14H2. The van der Waals surface area contributed by atoms with E-state index in [0.29, 0.717) is 0 Å². The van der Waals surface area contributed by atoms with Gasteiger partial charge in [-0.25, -0.2) is 0 Å². The molecule has 0 nitrogen and oxygen atoms in total. The van der Waals surface area contributed by atoms with Crippen LogP contribution in [0.5, 0.6) is 0 Å². The van der Waals surface area contributed by atoms with Crippen molar-refractivity contribution in [2.45, 2.75) is 38.3 Å². The van der Waals surface area contributed by atoms with Gasteiger partial charge in [0.15, 0.2) is 0 Å². The van der Waals surface area contributed by atoms with Crippen molar-refractivity contribution in [2.75, 3.05) is 0 Å². The van der Waals surface area contributed by atoms with E-state index in [1.165, 1.54) is 49.0 Å². The molecule has 1 saturated carbocycles. The fourth-order valence-corrected chi connectivity index (χ4v) is 6.87. The van der Waals surface area contributed by atoms with Crippen molar-refractivity contribution in [3.05, 3.63) is 48.5 Å². The van der Waals surface area contributed by atoms with Crippen LogP contribution in [-0.2, 0) is 6.16 Å². The van der Waals surface area contributed by atoms with Gasteiger partial charge in [-0.2, -0.15) is 0 Å². The summed E-state index contributed by atoms with van der Waals surface area (Å²) >= 11 is 0. The van der Waals surface area contributed by atoms with Crippen molar-refractivity contribution in [3.8, 4) is 0 Å². The summed E-state index contributed by atoms with van der Waals surface area (Å²) < 4.78 is 0. The number of rotatable bonds is 2. The Hall–Kier alpha value is -1.26. The first-order valence-electron chi connectivity index (χ1n) is 7.89. The number of fused-ring (bicyclic) bond motifs is 3. The van der Waals surface area contributed by atoms with Gasteiger partial charge in [0.2, 0.25) is 0 Å². The molecule has 1 aliphatic rings. The Morgan fingerprint density at radius 1 is 0.750 bits per heavy atom. The van der Waals surface area contributed by atoms with Gasteiger partial charge in [0.05, 0.1) is 0 Å². The highest BCUT2D eigenvalue weighted by Gasteiger charge is 2.18. The number of hydrogen-bond acceptors (Lipinski definition) is 0. The molecule has 1 aromatic heterocycles. The molecule has 0 bridgehead atoms. The van der Waals surface area contributed by atoms with Gasteiger partial charge in [-0.15, -0.1) is 7.53 Å². The predicted octanol–water partition coefficient (Wildman–Crippen LogP) is 6.56. The molecule has 0 amide bonds. The topological polar surface area (TPSA) is 0 Å². The fraction of sp³-hybridized carbons (Fsp3) is 0.368. The Kier molecular flexibility index (Phi) is 3.28. The molecular weight excluding hydrogens is 259 g/mol. The Morgan fingerprint density at radius 2 is 1.30 bits per heavy atom. The molecule has 3 aromatic rings. The third kappa shape index (κ3) is 2.07. The molecule has 20 heavy (non-hydrogen) atoms. The van der Waals surface area contributed by atoms with E-state index in [9.17, 15) is 0 Å². The monoisotopic (exact) mass is 280 g/mol. The summed E-state index contributed by atoms with van der Waals surface area (Å²) in [6.07, 6.45) is 8.71. The molecule has 4 rings (SSSR count). The lowest BCUT2D eigenvalue weighted by Crippen LogP contribution is -2.05. The van der Waals surface area contributed by atoms with E-state index in [2.05, 4.69) is 48.5 Å². The molecule has 0 saturated heterocycles. The average molecular weight is 280 g/mol. The smallest absolute Gasteiger partial charge is 0.00239 e. The fourth-order valence-electron chi connectivity index (χ4n) is 3.83. The molecule has 0 unspecified atom stereocenters. The van der Waals surface area contributed by atoms with Gasteiger partial charge >= 0.3 is 0 Å². The molecule has 1 fully saturated rings. The largest absolute Gasteiger partial charge is 0.108 e. The SMILES string of the molecule is c1ccc2c(c1)c1ccccc1p2CC1CCCCC1. The minimum Gasteiger partial charge on any atom is -0.108 e. The third-order valence-electron chi connectivity index (χ3n) is 4.85. The molecule has 0 radical (unpaired) electrons. The van der Waals surface area contributed by atoms with E-state index in [0.717, 1.165) is 5.92 Å². The summed E-state index contributed by atoms with van der Waals surface area (Å²) in [6, 6.07) is 18.2. The first kappa shape index (κ1) is 12.5. The Balaban J connectivity index is 1.86. The van der Waals surface area contributed by atoms with E-state index in [1.807, 2.05) is 0 Å². The first-order chi connectivity index (χ1) is 9.93. The van der Waals surface area contributed by atoms with Crippen LogP contribution in [-0.4, -0.2) is 0 Å². The van der Waals surface area contributed by atoms with Gasteiger partial charge in [0.1, 0.15) is 0 Å². The van der Waals surface area contributed by atoms with Crippen LogP contribution >= 0.6 is 7.53 Å². The van der Waals surface area contributed by atoms with Crippen LogP contribution in [0.15, 0.2) is 48.5 Å². The van der Waals surface area contributed by atoms with E-state index in [4.69, 9.17) is 0 Å². The van der Waals surface area contributed by atoms with Gasteiger partial charge in [-0.3, -0.25) is 0 Å². The predicted molar refractivity (Wildman–Crippen MR) is 90.7 cm³/mol. The molecular formula is C19H21P. The Labute approximate surface area is 121 Å². The van der Waals surface area contributed by atoms with Gasteiger partial charge in [-0.05, 0) is 35.7 Å². The highest BCUT2D eigenvalue weighted by Crippen LogP contribution is 2.52. The summed E-state index contributed by atoms with van der Waals surface area (Å²) in [4.78, 5) is 0. The van der Waals surface area contributed by atoms with Crippen molar-refractivity contribution < 1.29 is 0 Å². The lowest BCUT2D eigenvalue weighted by molar-refractivity contribution is 0.374. The average Bonchev–Trinajstić information content (AvgIpc) is 2.84. The van der Waals surface area contributed by atoms with E-state index in [1.54, 1.807) is 10.2 Å². The van der Waals surface area contributed by atoms with Gasteiger partial charge in [0.25, 0.3) is 0 Å². The molecule has 1 heteroatoms. The molecule has 1 heterocycles. The van der Waals surface area contributed by atoms with E-state index in [-0.39, 0.29) is 7.53 Å².